The summed E-state index contributed by atoms with van der Waals surface area (Å²) in [5.41, 5.74) is 0.766. The number of likely N-dealkylation sites (N-methyl/N-ethyl adjacent to an activating group) is 1. The standard InChI is InChI=1S/C12H15NO6S/c1-13(7-11(14)15)20(17,18)8-9-3-5-10(6-4-9)12(16)19-2/h3-6H,7-8H2,1-2H3,(H,14,15). The Bertz CT molecular complexity index is 593. The summed E-state index contributed by atoms with van der Waals surface area (Å²) in [5.74, 6) is -2.07. The first-order valence-electron chi connectivity index (χ1n) is 5.59. The lowest BCUT2D eigenvalue weighted by Crippen LogP contribution is -2.32. The van der Waals surface area contributed by atoms with E-state index in [9.17, 15) is 18.0 Å². The highest BCUT2D eigenvalue weighted by Gasteiger charge is 2.20. The molecule has 0 aromatic heterocycles. The van der Waals surface area contributed by atoms with Crippen LogP contribution in [0.4, 0.5) is 0 Å². The highest BCUT2D eigenvalue weighted by Crippen LogP contribution is 2.11. The van der Waals surface area contributed by atoms with Crippen LogP contribution in [0, 0.1) is 0 Å². The Morgan fingerprint density at radius 2 is 1.80 bits per heavy atom. The van der Waals surface area contributed by atoms with Crippen molar-refractivity contribution >= 4 is 22.0 Å². The first-order valence-corrected chi connectivity index (χ1v) is 7.20. The fourth-order valence-electron chi connectivity index (χ4n) is 1.46. The van der Waals surface area contributed by atoms with Crippen LogP contribution in [-0.2, 0) is 25.3 Å². The van der Waals surface area contributed by atoms with Gasteiger partial charge in [0.25, 0.3) is 0 Å². The molecular formula is C12H15NO6S. The normalized spacial score (nSPS) is 11.3. The lowest BCUT2D eigenvalue weighted by atomic mass is 10.1. The van der Waals surface area contributed by atoms with E-state index in [0.717, 1.165) is 4.31 Å². The van der Waals surface area contributed by atoms with E-state index in [1.807, 2.05) is 0 Å². The molecule has 110 valence electrons. The number of hydrogen-bond donors (Lipinski definition) is 1. The molecule has 0 saturated carbocycles. The van der Waals surface area contributed by atoms with Crippen LogP contribution in [0.25, 0.3) is 0 Å². The molecule has 0 fully saturated rings. The van der Waals surface area contributed by atoms with Crippen LogP contribution in [0.1, 0.15) is 15.9 Å². The second-order valence-electron chi connectivity index (χ2n) is 4.09. The Labute approximate surface area is 116 Å². The van der Waals surface area contributed by atoms with Gasteiger partial charge < -0.3 is 9.84 Å². The molecule has 0 saturated heterocycles. The van der Waals surface area contributed by atoms with Gasteiger partial charge >= 0.3 is 11.9 Å². The zero-order valence-corrected chi connectivity index (χ0v) is 11.9. The van der Waals surface area contributed by atoms with E-state index in [1.165, 1.54) is 38.4 Å². The van der Waals surface area contributed by atoms with Crippen LogP contribution in [0.2, 0.25) is 0 Å². The molecule has 0 bridgehead atoms. The second-order valence-corrected chi connectivity index (χ2v) is 6.17. The summed E-state index contributed by atoms with van der Waals surface area (Å²) < 4.78 is 29.1. The van der Waals surface area contributed by atoms with Crippen LogP contribution in [0.15, 0.2) is 24.3 Å². The molecule has 0 aliphatic rings. The molecule has 20 heavy (non-hydrogen) atoms. The van der Waals surface area contributed by atoms with E-state index in [2.05, 4.69) is 4.74 Å². The molecule has 8 heteroatoms. The van der Waals surface area contributed by atoms with E-state index >= 15 is 0 Å². The number of methoxy groups -OCH3 is 1. The van der Waals surface area contributed by atoms with Crippen molar-refractivity contribution in [2.45, 2.75) is 5.75 Å². The number of carboxylic acid groups (broad SMARTS) is 1. The Balaban J connectivity index is 2.82. The van der Waals surface area contributed by atoms with Crippen molar-refractivity contribution in [1.82, 2.24) is 4.31 Å². The van der Waals surface area contributed by atoms with Gasteiger partial charge in [-0.1, -0.05) is 12.1 Å². The number of nitrogens with zero attached hydrogens (tertiary/aromatic N) is 1. The molecule has 0 unspecified atom stereocenters. The number of benzene rings is 1. The van der Waals surface area contributed by atoms with Gasteiger partial charge in [-0.2, -0.15) is 4.31 Å². The zero-order valence-electron chi connectivity index (χ0n) is 11.1. The number of ether oxygens (including phenoxy) is 1. The van der Waals surface area contributed by atoms with Gasteiger partial charge in [0.2, 0.25) is 10.0 Å². The van der Waals surface area contributed by atoms with Crippen molar-refractivity contribution in [1.29, 1.82) is 0 Å². The third-order valence-corrected chi connectivity index (χ3v) is 4.33. The Morgan fingerprint density at radius 1 is 1.25 bits per heavy atom. The summed E-state index contributed by atoms with van der Waals surface area (Å²) in [6.07, 6.45) is 0. The van der Waals surface area contributed by atoms with E-state index in [1.54, 1.807) is 0 Å². The summed E-state index contributed by atoms with van der Waals surface area (Å²) in [6, 6.07) is 5.87. The van der Waals surface area contributed by atoms with Crippen molar-refractivity contribution in [2.75, 3.05) is 20.7 Å². The van der Waals surface area contributed by atoms with Gasteiger partial charge in [0.1, 0.15) is 6.54 Å². The van der Waals surface area contributed by atoms with Crippen LogP contribution in [-0.4, -0.2) is 50.5 Å². The van der Waals surface area contributed by atoms with E-state index in [-0.39, 0.29) is 5.75 Å². The SMILES string of the molecule is COC(=O)c1ccc(CS(=O)(=O)N(C)CC(=O)O)cc1. The summed E-state index contributed by atoms with van der Waals surface area (Å²) in [4.78, 5) is 21.7. The van der Waals surface area contributed by atoms with Crippen molar-refractivity contribution in [3.63, 3.8) is 0 Å². The third-order valence-electron chi connectivity index (χ3n) is 2.56. The Hall–Kier alpha value is -1.93. The number of sulfonamides is 1. The maximum atomic E-state index is 11.9. The number of esters is 1. The molecule has 0 aliphatic heterocycles. The number of hydrogen-bond acceptors (Lipinski definition) is 5. The molecule has 0 aliphatic carbocycles. The van der Waals surface area contributed by atoms with Crippen molar-refractivity contribution in [2.24, 2.45) is 0 Å². The van der Waals surface area contributed by atoms with E-state index in [4.69, 9.17) is 5.11 Å². The second kappa shape index (κ2) is 6.49. The van der Waals surface area contributed by atoms with Gasteiger partial charge in [-0.15, -0.1) is 0 Å². The zero-order chi connectivity index (χ0) is 15.3. The minimum absolute atomic E-state index is 0.313. The predicted octanol–water partition coefficient (Wildman–Crippen LogP) is 0.319. The highest BCUT2D eigenvalue weighted by molar-refractivity contribution is 7.88. The number of carboxylic acids is 1. The molecule has 7 nitrogen and oxygen atoms in total. The van der Waals surface area contributed by atoms with Gasteiger partial charge in [0.05, 0.1) is 18.4 Å². The Kier molecular flexibility index (Phi) is 5.23. The van der Waals surface area contributed by atoms with Gasteiger partial charge in [0.15, 0.2) is 0 Å². The van der Waals surface area contributed by atoms with E-state index in [0.29, 0.717) is 11.1 Å². The largest absolute Gasteiger partial charge is 0.480 e. The first-order chi connectivity index (χ1) is 9.26. The van der Waals surface area contributed by atoms with Crippen LogP contribution in [0.5, 0.6) is 0 Å². The van der Waals surface area contributed by atoms with Crippen LogP contribution in [0.3, 0.4) is 0 Å². The molecule has 0 heterocycles. The smallest absolute Gasteiger partial charge is 0.337 e. The molecule has 0 spiro atoms. The minimum Gasteiger partial charge on any atom is -0.480 e. The van der Waals surface area contributed by atoms with Gasteiger partial charge in [-0.3, -0.25) is 4.79 Å². The van der Waals surface area contributed by atoms with E-state index < -0.39 is 28.5 Å². The fourth-order valence-corrected chi connectivity index (χ4v) is 2.61. The molecule has 1 aromatic rings. The van der Waals surface area contributed by atoms with Crippen molar-refractivity contribution in [3.05, 3.63) is 35.4 Å². The number of carbonyl (C=O) groups excluding carboxylic acids is 1. The van der Waals surface area contributed by atoms with Crippen molar-refractivity contribution < 1.29 is 27.9 Å². The lowest BCUT2D eigenvalue weighted by Gasteiger charge is -2.14. The van der Waals surface area contributed by atoms with Gasteiger partial charge in [-0.25, -0.2) is 13.2 Å². The molecule has 0 amide bonds. The van der Waals surface area contributed by atoms with Gasteiger partial charge in [-0.05, 0) is 17.7 Å². The maximum absolute atomic E-state index is 11.9. The quantitative estimate of drug-likeness (QED) is 0.759. The summed E-state index contributed by atoms with van der Waals surface area (Å²) in [5, 5.41) is 8.58. The lowest BCUT2D eigenvalue weighted by molar-refractivity contribution is -0.137. The summed E-state index contributed by atoms with van der Waals surface area (Å²) in [6.45, 7) is -0.595. The molecule has 0 atom stereocenters. The molecule has 1 N–H and O–H groups in total. The molecular weight excluding hydrogens is 286 g/mol. The van der Waals surface area contributed by atoms with Crippen LogP contribution < -0.4 is 0 Å². The number of aliphatic carboxylic acids is 1. The fraction of sp³-hybridized carbons (Fsp3) is 0.333. The minimum atomic E-state index is -3.71. The number of carbonyl (C=O) groups is 2. The molecule has 1 rings (SSSR count). The number of rotatable bonds is 6. The maximum Gasteiger partial charge on any atom is 0.337 e. The summed E-state index contributed by atoms with van der Waals surface area (Å²) >= 11 is 0. The average molecular weight is 301 g/mol. The first kappa shape index (κ1) is 16.1. The predicted molar refractivity (Wildman–Crippen MR) is 70.7 cm³/mol. The van der Waals surface area contributed by atoms with Crippen molar-refractivity contribution in [3.8, 4) is 0 Å². The topological polar surface area (TPSA) is 101 Å². The Morgan fingerprint density at radius 3 is 2.25 bits per heavy atom. The van der Waals surface area contributed by atoms with Crippen LogP contribution >= 0.6 is 0 Å². The monoisotopic (exact) mass is 301 g/mol. The van der Waals surface area contributed by atoms with Gasteiger partial charge in [0, 0.05) is 7.05 Å². The summed E-state index contributed by atoms with van der Waals surface area (Å²) in [7, 11) is -1.26. The third kappa shape index (κ3) is 4.32. The molecule has 1 aromatic carbocycles. The average Bonchev–Trinajstić information content (AvgIpc) is 2.37. The molecule has 0 radical (unpaired) electrons. The highest BCUT2D eigenvalue weighted by atomic mass is 32.2.